The van der Waals surface area contributed by atoms with E-state index in [9.17, 15) is 4.39 Å². The number of nitrogens with zero attached hydrogens (tertiary/aromatic N) is 1. The third-order valence-electron chi connectivity index (χ3n) is 5.17. The molecular formula is C17H25FN2O. The minimum absolute atomic E-state index is 0.191. The largest absolute Gasteiger partial charge is 0.367 e. The van der Waals surface area contributed by atoms with Crippen LogP contribution >= 0.6 is 0 Å². The number of ether oxygens (including phenoxy) is 1. The van der Waals surface area contributed by atoms with E-state index in [0.717, 1.165) is 25.1 Å². The van der Waals surface area contributed by atoms with Gasteiger partial charge >= 0.3 is 0 Å². The summed E-state index contributed by atoms with van der Waals surface area (Å²) in [4.78, 5) is 2.29. The van der Waals surface area contributed by atoms with Gasteiger partial charge in [-0.15, -0.1) is 0 Å². The van der Waals surface area contributed by atoms with Crippen LogP contribution in [0.25, 0.3) is 0 Å². The minimum Gasteiger partial charge on any atom is -0.367 e. The van der Waals surface area contributed by atoms with Crippen molar-refractivity contribution in [2.45, 2.75) is 57.3 Å². The topological polar surface area (TPSA) is 38.5 Å². The number of halogens is 1. The van der Waals surface area contributed by atoms with Gasteiger partial charge in [0.2, 0.25) is 0 Å². The summed E-state index contributed by atoms with van der Waals surface area (Å²) in [7, 11) is 0. The van der Waals surface area contributed by atoms with E-state index in [1.54, 1.807) is 6.07 Å². The van der Waals surface area contributed by atoms with Gasteiger partial charge in [0.15, 0.2) is 0 Å². The zero-order chi connectivity index (χ0) is 15.5. The van der Waals surface area contributed by atoms with Crippen LogP contribution in [0.1, 0.15) is 39.7 Å². The number of nitrogens with two attached hydrogens (primary N) is 1. The van der Waals surface area contributed by atoms with E-state index < -0.39 is 0 Å². The zero-order valence-corrected chi connectivity index (χ0v) is 13.4. The zero-order valence-electron chi connectivity index (χ0n) is 13.4. The first kappa shape index (κ1) is 14.8. The Labute approximate surface area is 126 Å². The summed E-state index contributed by atoms with van der Waals surface area (Å²) in [5, 5.41) is 0. The molecule has 116 valence electrons. The predicted octanol–water partition coefficient (Wildman–Crippen LogP) is 2.86. The maximum Gasteiger partial charge on any atom is 0.125 e. The molecule has 0 saturated carbocycles. The molecule has 4 heteroatoms. The Hall–Kier alpha value is -1.13. The lowest BCUT2D eigenvalue weighted by atomic mass is 9.77. The predicted molar refractivity (Wildman–Crippen MR) is 83.1 cm³/mol. The van der Waals surface area contributed by atoms with Crippen LogP contribution in [-0.4, -0.2) is 29.8 Å². The van der Waals surface area contributed by atoms with Crippen LogP contribution in [0.5, 0.6) is 0 Å². The number of hydrogen-bond donors (Lipinski definition) is 1. The van der Waals surface area contributed by atoms with Crippen molar-refractivity contribution in [1.29, 1.82) is 0 Å². The average Bonchev–Trinajstić information content (AvgIpc) is 2.84. The maximum absolute atomic E-state index is 13.7. The summed E-state index contributed by atoms with van der Waals surface area (Å²) in [6.07, 6.45) is 1.79. The monoisotopic (exact) mass is 292 g/mol. The van der Waals surface area contributed by atoms with Crippen molar-refractivity contribution in [3.63, 3.8) is 0 Å². The Balaban J connectivity index is 2.09. The van der Waals surface area contributed by atoms with E-state index in [1.165, 1.54) is 11.6 Å². The first-order chi connectivity index (χ1) is 9.71. The smallest absolute Gasteiger partial charge is 0.125 e. The van der Waals surface area contributed by atoms with E-state index >= 15 is 0 Å². The van der Waals surface area contributed by atoms with Crippen molar-refractivity contribution in [3.8, 4) is 0 Å². The number of hydrogen-bond acceptors (Lipinski definition) is 3. The maximum atomic E-state index is 13.7. The molecule has 0 spiro atoms. The highest BCUT2D eigenvalue weighted by Gasteiger charge is 2.60. The fourth-order valence-corrected chi connectivity index (χ4v) is 4.38. The molecule has 0 bridgehead atoms. The number of anilines is 1. The Morgan fingerprint density at radius 1 is 1.29 bits per heavy atom. The van der Waals surface area contributed by atoms with Gasteiger partial charge in [0.1, 0.15) is 5.82 Å². The van der Waals surface area contributed by atoms with Gasteiger partial charge in [-0.3, -0.25) is 0 Å². The van der Waals surface area contributed by atoms with Gasteiger partial charge in [-0.25, -0.2) is 4.39 Å². The lowest BCUT2D eigenvalue weighted by molar-refractivity contribution is -0.0782. The van der Waals surface area contributed by atoms with Gasteiger partial charge in [-0.05, 0) is 51.8 Å². The van der Waals surface area contributed by atoms with Gasteiger partial charge in [0.05, 0.1) is 16.7 Å². The fraction of sp³-hybridized carbons (Fsp3) is 0.647. The SMILES string of the molecule is CC1(C)CC(CN)(N2CCc3ccc(F)cc32)C(C)(C)O1. The molecular weight excluding hydrogens is 267 g/mol. The van der Waals surface area contributed by atoms with Gasteiger partial charge in [-0.1, -0.05) is 6.07 Å². The molecule has 0 aliphatic carbocycles. The van der Waals surface area contributed by atoms with Crippen molar-refractivity contribution in [3.05, 3.63) is 29.6 Å². The summed E-state index contributed by atoms with van der Waals surface area (Å²) in [6.45, 7) is 9.79. The van der Waals surface area contributed by atoms with E-state index in [1.807, 2.05) is 6.07 Å². The highest BCUT2D eigenvalue weighted by atomic mass is 19.1. The third-order valence-corrected chi connectivity index (χ3v) is 5.17. The van der Waals surface area contributed by atoms with Crippen molar-refractivity contribution >= 4 is 5.69 Å². The molecule has 2 aliphatic heterocycles. The normalized spacial score (nSPS) is 29.7. The van der Waals surface area contributed by atoms with Gasteiger partial charge < -0.3 is 15.4 Å². The first-order valence-electron chi connectivity index (χ1n) is 7.67. The van der Waals surface area contributed by atoms with E-state index in [0.29, 0.717) is 6.54 Å². The summed E-state index contributed by atoms with van der Waals surface area (Å²) >= 11 is 0. The second kappa shape index (κ2) is 4.43. The van der Waals surface area contributed by atoms with Crippen LogP contribution in [-0.2, 0) is 11.2 Å². The van der Waals surface area contributed by atoms with E-state index in [2.05, 4.69) is 32.6 Å². The molecule has 0 aromatic heterocycles. The molecule has 2 heterocycles. The Bertz CT molecular complexity index is 570. The van der Waals surface area contributed by atoms with Crippen molar-refractivity contribution in [1.82, 2.24) is 0 Å². The first-order valence-corrected chi connectivity index (χ1v) is 7.67. The van der Waals surface area contributed by atoms with Crippen LogP contribution in [0.4, 0.5) is 10.1 Å². The molecule has 1 aromatic carbocycles. The highest BCUT2D eigenvalue weighted by molar-refractivity contribution is 5.61. The number of rotatable bonds is 2. The molecule has 2 N–H and O–H groups in total. The molecule has 1 fully saturated rings. The molecule has 21 heavy (non-hydrogen) atoms. The molecule has 3 nitrogen and oxygen atoms in total. The van der Waals surface area contributed by atoms with Crippen molar-refractivity contribution in [2.75, 3.05) is 18.0 Å². The van der Waals surface area contributed by atoms with Gasteiger partial charge in [-0.2, -0.15) is 0 Å². The Morgan fingerprint density at radius 3 is 2.57 bits per heavy atom. The molecule has 0 radical (unpaired) electrons. The molecule has 1 aromatic rings. The number of fused-ring (bicyclic) bond motifs is 1. The minimum atomic E-state index is -0.376. The van der Waals surface area contributed by atoms with Crippen LogP contribution in [0, 0.1) is 5.82 Å². The second-order valence-electron chi connectivity index (χ2n) is 7.46. The summed E-state index contributed by atoms with van der Waals surface area (Å²) in [6, 6.07) is 5.07. The Morgan fingerprint density at radius 2 is 2.00 bits per heavy atom. The van der Waals surface area contributed by atoms with Crippen molar-refractivity contribution in [2.24, 2.45) is 5.73 Å². The Kier molecular flexibility index (Phi) is 3.12. The summed E-state index contributed by atoms with van der Waals surface area (Å²) < 4.78 is 20.0. The van der Waals surface area contributed by atoms with Gasteiger partial charge in [0, 0.05) is 25.2 Å². The van der Waals surface area contributed by atoms with Crippen LogP contribution in [0.2, 0.25) is 0 Å². The number of benzene rings is 1. The lowest BCUT2D eigenvalue weighted by Gasteiger charge is -2.47. The average molecular weight is 292 g/mol. The second-order valence-corrected chi connectivity index (χ2v) is 7.46. The highest BCUT2D eigenvalue weighted by Crippen LogP contribution is 2.51. The molecule has 1 unspecified atom stereocenters. The lowest BCUT2D eigenvalue weighted by Crippen LogP contribution is -2.63. The van der Waals surface area contributed by atoms with E-state index in [-0.39, 0.29) is 22.6 Å². The van der Waals surface area contributed by atoms with Crippen molar-refractivity contribution < 1.29 is 9.13 Å². The standard InChI is InChI=1S/C17H25FN2O/c1-15(2)10-17(11-19,16(3,4)21-15)20-8-7-12-5-6-13(18)9-14(12)20/h5-6,9H,7-8,10-11,19H2,1-4H3. The molecule has 2 aliphatic rings. The summed E-state index contributed by atoms with van der Waals surface area (Å²) in [5.74, 6) is -0.191. The molecule has 1 atom stereocenters. The van der Waals surface area contributed by atoms with Gasteiger partial charge in [0.25, 0.3) is 0 Å². The quantitative estimate of drug-likeness (QED) is 0.911. The molecule has 1 saturated heterocycles. The molecule has 0 amide bonds. The molecule has 3 rings (SSSR count). The van der Waals surface area contributed by atoms with Crippen LogP contribution in [0.3, 0.4) is 0 Å². The van der Waals surface area contributed by atoms with Crippen LogP contribution < -0.4 is 10.6 Å². The summed E-state index contributed by atoms with van der Waals surface area (Å²) in [5.41, 5.74) is 7.51. The van der Waals surface area contributed by atoms with Crippen LogP contribution in [0.15, 0.2) is 18.2 Å². The third kappa shape index (κ3) is 2.08. The van der Waals surface area contributed by atoms with E-state index in [4.69, 9.17) is 10.5 Å². The fourth-order valence-electron chi connectivity index (χ4n) is 4.38.